The lowest BCUT2D eigenvalue weighted by molar-refractivity contribution is 0.0790. The fourth-order valence-corrected chi connectivity index (χ4v) is 4.71. The Bertz CT molecular complexity index is 1220. The Hall–Kier alpha value is -3.46. The van der Waals surface area contributed by atoms with Crippen molar-refractivity contribution >= 4 is 5.91 Å². The van der Waals surface area contributed by atoms with Crippen molar-refractivity contribution in [2.75, 3.05) is 26.7 Å². The van der Waals surface area contributed by atoms with Gasteiger partial charge < -0.3 is 14.6 Å². The van der Waals surface area contributed by atoms with Crippen molar-refractivity contribution in [2.24, 2.45) is 7.05 Å². The van der Waals surface area contributed by atoms with E-state index >= 15 is 0 Å². The first-order valence-corrected chi connectivity index (χ1v) is 11.3. The van der Waals surface area contributed by atoms with Gasteiger partial charge in [-0.05, 0) is 30.5 Å². The predicted molar refractivity (Wildman–Crippen MR) is 122 cm³/mol. The topological polar surface area (TPSA) is 96.3 Å². The van der Waals surface area contributed by atoms with Crippen molar-refractivity contribution in [2.45, 2.75) is 31.8 Å². The third-order valence-corrected chi connectivity index (χ3v) is 6.55. The van der Waals surface area contributed by atoms with Crippen LogP contribution in [0.5, 0.6) is 5.75 Å². The second-order valence-corrected chi connectivity index (χ2v) is 8.82. The second-order valence-electron chi connectivity index (χ2n) is 8.82. The number of carbonyl (C=O) groups excluding carboxylic acids is 1. The number of fused-ring (bicyclic) bond motifs is 1. The van der Waals surface area contributed by atoms with Gasteiger partial charge in [-0.25, -0.2) is 4.98 Å². The number of carbonyl (C=O) groups is 1. The Morgan fingerprint density at radius 1 is 1.24 bits per heavy atom. The summed E-state index contributed by atoms with van der Waals surface area (Å²) in [5, 5.41) is 4.09. The number of H-pyrrole nitrogens is 1. The quantitative estimate of drug-likeness (QED) is 0.638. The smallest absolute Gasteiger partial charge is 0.257 e. The zero-order chi connectivity index (χ0) is 22.9. The summed E-state index contributed by atoms with van der Waals surface area (Å²) in [6.07, 6.45) is 4.78. The van der Waals surface area contributed by atoms with Gasteiger partial charge in [0.05, 0.1) is 24.6 Å². The van der Waals surface area contributed by atoms with Gasteiger partial charge in [-0.1, -0.05) is 12.1 Å². The molecule has 0 spiro atoms. The van der Waals surface area contributed by atoms with Gasteiger partial charge in [0.1, 0.15) is 11.6 Å². The molecule has 0 aliphatic carbocycles. The molecule has 33 heavy (non-hydrogen) atoms. The SMILES string of the molecule is COc1ccc(CN2CCc3c(nc(C4CCN(C(=O)c5cnn(C)c5)C4)[nH]c3=O)C2)cc1. The minimum Gasteiger partial charge on any atom is -0.497 e. The van der Waals surface area contributed by atoms with Crippen LogP contribution in [0.25, 0.3) is 0 Å². The Morgan fingerprint density at radius 2 is 2.06 bits per heavy atom. The molecule has 9 nitrogen and oxygen atoms in total. The van der Waals surface area contributed by atoms with E-state index in [1.807, 2.05) is 17.0 Å². The molecule has 0 bridgehead atoms. The van der Waals surface area contributed by atoms with Gasteiger partial charge in [0.25, 0.3) is 11.5 Å². The molecule has 1 unspecified atom stereocenters. The normalized spacial score (nSPS) is 18.4. The van der Waals surface area contributed by atoms with E-state index in [1.165, 1.54) is 5.56 Å². The predicted octanol–water partition coefficient (Wildman–Crippen LogP) is 1.70. The molecule has 2 aliphatic heterocycles. The highest BCUT2D eigenvalue weighted by Gasteiger charge is 2.31. The van der Waals surface area contributed by atoms with Crippen molar-refractivity contribution in [3.8, 4) is 5.75 Å². The molecule has 0 saturated carbocycles. The lowest BCUT2D eigenvalue weighted by atomic mass is 10.0. The molecule has 1 N–H and O–H groups in total. The third-order valence-electron chi connectivity index (χ3n) is 6.55. The minimum absolute atomic E-state index is 0.0283. The van der Waals surface area contributed by atoms with Crippen LogP contribution in [0.3, 0.4) is 0 Å². The Kier molecular flexibility index (Phi) is 5.72. The number of methoxy groups -OCH3 is 1. The zero-order valence-electron chi connectivity index (χ0n) is 19.0. The molecule has 5 rings (SSSR count). The molecule has 1 saturated heterocycles. The van der Waals surface area contributed by atoms with Crippen molar-refractivity contribution in [1.29, 1.82) is 0 Å². The van der Waals surface area contributed by atoms with Crippen LogP contribution in [0, 0.1) is 0 Å². The number of nitrogens with one attached hydrogen (secondary N) is 1. The third kappa shape index (κ3) is 4.41. The molecule has 2 aliphatic rings. The number of nitrogens with zero attached hydrogens (tertiary/aromatic N) is 5. The van der Waals surface area contributed by atoms with E-state index in [0.717, 1.165) is 36.5 Å². The van der Waals surface area contributed by atoms with Crippen molar-refractivity contribution < 1.29 is 9.53 Å². The van der Waals surface area contributed by atoms with Gasteiger partial charge in [-0.15, -0.1) is 0 Å². The van der Waals surface area contributed by atoms with E-state index in [-0.39, 0.29) is 17.4 Å². The number of amides is 1. The van der Waals surface area contributed by atoms with Gasteiger partial charge in [0.15, 0.2) is 0 Å². The molecule has 1 fully saturated rings. The number of ether oxygens (including phenoxy) is 1. The summed E-state index contributed by atoms with van der Waals surface area (Å²) in [5.41, 5.74) is 3.37. The fourth-order valence-electron chi connectivity index (χ4n) is 4.71. The Labute approximate surface area is 192 Å². The number of hydrogen-bond donors (Lipinski definition) is 1. The molecular formula is C24H28N6O3. The van der Waals surface area contributed by atoms with Gasteiger partial charge in [-0.3, -0.25) is 19.2 Å². The molecule has 1 amide bonds. The molecule has 2 aromatic heterocycles. The lowest BCUT2D eigenvalue weighted by Gasteiger charge is -2.28. The van der Waals surface area contributed by atoms with Gasteiger partial charge >= 0.3 is 0 Å². The van der Waals surface area contributed by atoms with Crippen LogP contribution in [0.1, 0.15) is 45.3 Å². The highest BCUT2D eigenvalue weighted by atomic mass is 16.5. The standard InChI is InChI=1S/C24H28N6O3/c1-28-13-18(11-25-28)24(32)30-10-7-17(14-30)22-26-21-15-29(9-8-20(21)23(31)27-22)12-16-3-5-19(33-2)6-4-16/h3-6,11,13,17H,7-10,12,14-15H2,1-2H3,(H,26,27,31). The van der Waals surface area contributed by atoms with Crippen LogP contribution in [0.15, 0.2) is 41.5 Å². The minimum atomic E-state index is -0.0452. The van der Waals surface area contributed by atoms with Gasteiger partial charge in [0, 0.05) is 57.4 Å². The number of benzene rings is 1. The Morgan fingerprint density at radius 3 is 2.79 bits per heavy atom. The summed E-state index contributed by atoms with van der Waals surface area (Å²) in [6, 6.07) is 8.06. The van der Waals surface area contributed by atoms with E-state index in [0.29, 0.717) is 37.4 Å². The zero-order valence-corrected chi connectivity index (χ0v) is 19.0. The number of aryl methyl sites for hydroxylation is 1. The lowest BCUT2D eigenvalue weighted by Crippen LogP contribution is -2.36. The first-order chi connectivity index (χ1) is 16.0. The summed E-state index contributed by atoms with van der Waals surface area (Å²) < 4.78 is 6.86. The van der Waals surface area contributed by atoms with Crippen molar-refractivity contribution in [3.63, 3.8) is 0 Å². The maximum absolute atomic E-state index is 12.8. The van der Waals surface area contributed by atoms with E-state index in [1.54, 1.807) is 31.2 Å². The maximum Gasteiger partial charge on any atom is 0.257 e. The van der Waals surface area contributed by atoms with Crippen molar-refractivity contribution in [3.05, 3.63) is 75.2 Å². The summed E-state index contributed by atoms with van der Waals surface area (Å²) in [6.45, 7) is 3.45. The van der Waals surface area contributed by atoms with Gasteiger partial charge in [0.2, 0.25) is 0 Å². The number of aromatic nitrogens is 4. The first kappa shape index (κ1) is 21.4. The summed E-state index contributed by atoms with van der Waals surface area (Å²) in [4.78, 5) is 37.6. The molecule has 1 aromatic carbocycles. The van der Waals surface area contributed by atoms with E-state index in [4.69, 9.17) is 9.72 Å². The summed E-state index contributed by atoms with van der Waals surface area (Å²) >= 11 is 0. The monoisotopic (exact) mass is 448 g/mol. The van der Waals surface area contributed by atoms with E-state index in [9.17, 15) is 9.59 Å². The van der Waals surface area contributed by atoms with Crippen LogP contribution >= 0.6 is 0 Å². The fraction of sp³-hybridized carbons (Fsp3) is 0.417. The van der Waals surface area contributed by atoms with E-state index in [2.05, 4.69) is 27.1 Å². The van der Waals surface area contributed by atoms with Crippen LogP contribution in [-0.4, -0.2) is 62.2 Å². The first-order valence-electron chi connectivity index (χ1n) is 11.3. The van der Waals surface area contributed by atoms with Crippen LogP contribution in [0.4, 0.5) is 0 Å². The second kappa shape index (κ2) is 8.82. The summed E-state index contributed by atoms with van der Waals surface area (Å²) in [5.74, 6) is 1.52. The highest BCUT2D eigenvalue weighted by molar-refractivity contribution is 5.93. The maximum atomic E-state index is 12.8. The van der Waals surface area contributed by atoms with Crippen LogP contribution < -0.4 is 10.3 Å². The summed E-state index contributed by atoms with van der Waals surface area (Å²) in [7, 11) is 3.46. The molecule has 0 radical (unpaired) electrons. The number of likely N-dealkylation sites (tertiary alicyclic amines) is 1. The highest BCUT2D eigenvalue weighted by Crippen LogP contribution is 2.27. The largest absolute Gasteiger partial charge is 0.497 e. The van der Waals surface area contributed by atoms with E-state index < -0.39 is 0 Å². The molecule has 4 heterocycles. The molecule has 3 aromatic rings. The Balaban J connectivity index is 1.29. The average Bonchev–Trinajstić information content (AvgIpc) is 3.48. The number of rotatable bonds is 5. The van der Waals surface area contributed by atoms with Crippen LogP contribution in [-0.2, 0) is 26.6 Å². The van der Waals surface area contributed by atoms with Crippen molar-refractivity contribution in [1.82, 2.24) is 29.5 Å². The molecular weight excluding hydrogens is 420 g/mol. The number of aromatic amines is 1. The molecule has 9 heteroatoms. The molecule has 172 valence electrons. The van der Waals surface area contributed by atoms with Crippen LogP contribution in [0.2, 0.25) is 0 Å². The average molecular weight is 449 g/mol. The van der Waals surface area contributed by atoms with Gasteiger partial charge in [-0.2, -0.15) is 5.10 Å². The number of hydrogen-bond acceptors (Lipinski definition) is 6. The molecule has 1 atom stereocenters.